The molecule has 0 bridgehead atoms. The van der Waals surface area contributed by atoms with Crippen molar-refractivity contribution in [3.8, 4) is 0 Å². The molecule has 0 radical (unpaired) electrons. The van der Waals surface area contributed by atoms with Crippen LogP contribution in [0.2, 0.25) is 0 Å². The Morgan fingerprint density at radius 1 is 1.12 bits per heavy atom. The molecule has 3 aromatic rings. The maximum Gasteiger partial charge on any atom is 0.414 e. The highest BCUT2D eigenvalue weighted by Gasteiger charge is 2.33. The molecule has 4 heterocycles. The average Bonchev–Trinajstić information content (AvgIpc) is 3.72. The lowest BCUT2D eigenvalue weighted by atomic mass is 10.1. The summed E-state index contributed by atoms with van der Waals surface area (Å²) in [5.74, 6) is -0.774. The highest BCUT2D eigenvalue weighted by atomic mass is 19.1. The third-order valence-electron chi connectivity index (χ3n) is 7.84. The van der Waals surface area contributed by atoms with E-state index in [4.69, 9.17) is 4.74 Å². The van der Waals surface area contributed by atoms with E-state index in [1.807, 2.05) is 11.0 Å². The maximum absolute atomic E-state index is 15.3. The van der Waals surface area contributed by atoms with Gasteiger partial charge in [0.15, 0.2) is 11.4 Å². The van der Waals surface area contributed by atoms with E-state index in [-0.39, 0.29) is 43.5 Å². The Morgan fingerprint density at radius 3 is 2.77 bits per heavy atom. The third-order valence-corrected chi connectivity index (χ3v) is 7.84. The molecular weight excluding hydrogens is 557 g/mol. The lowest BCUT2D eigenvalue weighted by Crippen LogP contribution is -2.35. The van der Waals surface area contributed by atoms with E-state index < -0.39 is 18.0 Å². The minimum atomic E-state index is -0.585. The summed E-state index contributed by atoms with van der Waals surface area (Å²) in [6.07, 6.45) is 9.56. The number of ketones is 1. The number of amides is 3. The van der Waals surface area contributed by atoms with E-state index in [9.17, 15) is 19.2 Å². The van der Waals surface area contributed by atoms with Crippen LogP contribution in [0.4, 0.5) is 20.6 Å². The average molecular weight is 590 g/mol. The summed E-state index contributed by atoms with van der Waals surface area (Å²) in [7, 11) is 0. The number of Topliss-reactive ketones (excluding diaryl/α,β-unsaturated/α-hetero) is 1. The van der Waals surface area contributed by atoms with Crippen LogP contribution in [0, 0.1) is 5.82 Å². The van der Waals surface area contributed by atoms with Crippen LogP contribution >= 0.6 is 0 Å². The van der Waals surface area contributed by atoms with Gasteiger partial charge in [-0.3, -0.25) is 24.3 Å². The smallest absolute Gasteiger partial charge is 0.414 e. The first-order valence-electron chi connectivity index (χ1n) is 14.5. The second-order valence-electron chi connectivity index (χ2n) is 10.9. The van der Waals surface area contributed by atoms with Gasteiger partial charge in [-0.1, -0.05) is 6.08 Å². The van der Waals surface area contributed by atoms with Crippen LogP contribution in [0.15, 0.2) is 54.6 Å². The first-order valence-corrected chi connectivity index (χ1v) is 14.5. The van der Waals surface area contributed by atoms with Crippen molar-refractivity contribution in [2.45, 2.75) is 38.2 Å². The predicted molar refractivity (Wildman–Crippen MR) is 154 cm³/mol. The summed E-state index contributed by atoms with van der Waals surface area (Å²) in [6.45, 7) is 2.43. The Kier molecular flexibility index (Phi) is 8.03. The maximum atomic E-state index is 15.3. The number of ether oxygens (including phenoxy) is 1. The molecule has 43 heavy (non-hydrogen) atoms. The van der Waals surface area contributed by atoms with Gasteiger partial charge in [0.05, 0.1) is 30.7 Å². The largest absolute Gasteiger partial charge is 0.442 e. The number of cyclic esters (lactones) is 1. The molecular formula is C30H32FN7O5. The number of halogens is 1. The molecule has 1 N–H and O–H groups in total. The van der Waals surface area contributed by atoms with Gasteiger partial charge in [0.1, 0.15) is 17.6 Å². The molecule has 0 saturated carbocycles. The Morgan fingerprint density at radius 2 is 1.98 bits per heavy atom. The summed E-state index contributed by atoms with van der Waals surface area (Å²) in [5.41, 5.74) is 2.46. The van der Waals surface area contributed by atoms with Crippen molar-refractivity contribution in [2.24, 2.45) is 0 Å². The monoisotopic (exact) mass is 589 g/mol. The number of nitrogens with zero attached hydrogens (tertiary/aromatic N) is 6. The molecule has 1 unspecified atom stereocenters. The van der Waals surface area contributed by atoms with E-state index in [0.29, 0.717) is 68.2 Å². The normalized spacial score (nSPS) is 18.3. The van der Waals surface area contributed by atoms with Crippen molar-refractivity contribution in [3.63, 3.8) is 0 Å². The topological polar surface area (TPSA) is 129 Å². The molecule has 1 aromatic carbocycles. The minimum absolute atomic E-state index is 0.0307. The van der Waals surface area contributed by atoms with Crippen molar-refractivity contribution in [2.75, 3.05) is 49.1 Å². The fraction of sp³-hybridized carbons (Fsp3) is 0.400. The van der Waals surface area contributed by atoms with Crippen molar-refractivity contribution in [1.82, 2.24) is 24.6 Å². The van der Waals surface area contributed by atoms with E-state index in [0.717, 1.165) is 5.57 Å². The predicted octanol–water partition coefficient (Wildman–Crippen LogP) is 2.73. The number of fused-ring (bicyclic) bond motifs is 1. The van der Waals surface area contributed by atoms with Crippen molar-refractivity contribution >= 4 is 40.7 Å². The molecule has 3 aliphatic rings. The first kappa shape index (κ1) is 28.3. The van der Waals surface area contributed by atoms with Gasteiger partial charge in [-0.2, -0.15) is 0 Å². The van der Waals surface area contributed by atoms with Crippen LogP contribution in [0.3, 0.4) is 0 Å². The van der Waals surface area contributed by atoms with Gasteiger partial charge in [-0.15, -0.1) is 0 Å². The second-order valence-corrected chi connectivity index (χ2v) is 10.9. The number of hydrogen-bond donors (Lipinski definition) is 1. The van der Waals surface area contributed by atoms with Gasteiger partial charge >= 0.3 is 6.09 Å². The lowest BCUT2D eigenvalue weighted by Gasteiger charge is -2.25. The number of carbonyl (C=O) groups excluding carboxylic acids is 4. The second kappa shape index (κ2) is 12.2. The molecule has 2 saturated heterocycles. The summed E-state index contributed by atoms with van der Waals surface area (Å²) >= 11 is 0. The van der Waals surface area contributed by atoms with Gasteiger partial charge in [0.2, 0.25) is 11.8 Å². The van der Waals surface area contributed by atoms with Crippen molar-refractivity contribution in [3.05, 3.63) is 66.1 Å². The van der Waals surface area contributed by atoms with Crippen molar-refractivity contribution in [1.29, 1.82) is 0 Å². The zero-order valence-electron chi connectivity index (χ0n) is 23.6. The number of benzene rings is 1. The SMILES string of the molecule is O=C(NCC1CN(c2ccc(N3CCCN(C(=O)CCCC(=O)c4cn5ccncc5n4)CC3)c(F)c2)C(=O)O1)C1=CC1. The standard InChI is InChI=1S/C30H32FN7O5/c31-23-15-21(38-18-22(43-30(38)42)16-33-29(41)20-5-6-20)7-8-25(23)35-10-2-11-36(14-13-35)28(40)4-1-3-26(39)24-19-37-12-9-32-17-27(37)34-24/h5,7-9,12,15,17,19,22H,1-4,6,10-11,13-14,16,18H2,(H,33,41). The molecule has 2 fully saturated rings. The molecule has 12 nitrogen and oxygen atoms in total. The Balaban J connectivity index is 0.980. The molecule has 6 rings (SSSR count). The number of aromatic nitrogens is 3. The fourth-order valence-corrected chi connectivity index (χ4v) is 5.39. The zero-order chi connectivity index (χ0) is 29.9. The zero-order valence-corrected chi connectivity index (χ0v) is 23.6. The van der Waals surface area contributed by atoms with Crippen LogP contribution in [0.5, 0.6) is 0 Å². The van der Waals surface area contributed by atoms with Gasteiger partial charge < -0.3 is 24.3 Å². The number of allylic oxidation sites excluding steroid dienone is 1. The number of nitrogens with one attached hydrogen (secondary N) is 1. The van der Waals surface area contributed by atoms with Crippen LogP contribution in [-0.2, 0) is 14.3 Å². The number of imidazole rings is 1. The number of rotatable bonds is 10. The van der Waals surface area contributed by atoms with E-state index in [2.05, 4.69) is 15.3 Å². The molecule has 2 aromatic heterocycles. The Bertz CT molecular complexity index is 1570. The van der Waals surface area contributed by atoms with Gasteiger partial charge in [-0.25, -0.2) is 14.2 Å². The molecule has 1 atom stereocenters. The van der Waals surface area contributed by atoms with Crippen LogP contribution in [-0.4, -0.2) is 88.3 Å². The fourth-order valence-electron chi connectivity index (χ4n) is 5.39. The van der Waals surface area contributed by atoms with E-state index >= 15 is 4.39 Å². The van der Waals surface area contributed by atoms with Gasteiger partial charge in [0.25, 0.3) is 0 Å². The number of anilines is 2. The van der Waals surface area contributed by atoms with E-state index in [1.54, 1.807) is 46.2 Å². The molecule has 224 valence electrons. The summed E-state index contributed by atoms with van der Waals surface area (Å²) in [5, 5.41) is 2.75. The first-order chi connectivity index (χ1) is 20.9. The molecule has 13 heteroatoms. The summed E-state index contributed by atoms with van der Waals surface area (Å²) in [4.78, 5) is 63.1. The van der Waals surface area contributed by atoms with Crippen molar-refractivity contribution < 1.29 is 28.3 Å². The number of hydrogen-bond acceptors (Lipinski definition) is 8. The minimum Gasteiger partial charge on any atom is -0.442 e. The Hall–Kier alpha value is -4.81. The highest BCUT2D eigenvalue weighted by molar-refractivity contribution is 5.97. The number of carbonyl (C=O) groups is 4. The van der Waals surface area contributed by atoms with Crippen LogP contribution in [0.25, 0.3) is 5.65 Å². The summed E-state index contributed by atoms with van der Waals surface area (Å²) in [6, 6.07) is 4.64. The van der Waals surface area contributed by atoms with Crippen LogP contribution < -0.4 is 15.1 Å². The lowest BCUT2D eigenvalue weighted by molar-refractivity contribution is -0.131. The quantitative estimate of drug-likeness (QED) is 0.358. The molecule has 2 aliphatic heterocycles. The molecule has 0 spiro atoms. The third kappa shape index (κ3) is 6.50. The van der Waals surface area contributed by atoms with E-state index in [1.165, 1.54) is 11.0 Å². The molecule has 1 aliphatic carbocycles. The van der Waals surface area contributed by atoms with Gasteiger partial charge in [0, 0.05) is 63.2 Å². The summed E-state index contributed by atoms with van der Waals surface area (Å²) < 4.78 is 22.4. The molecule has 3 amide bonds. The Labute approximate surface area is 247 Å². The highest BCUT2D eigenvalue weighted by Crippen LogP contribution is 2.29. The van der Waals surface area contributed by atoms with Gasteiger partial charge in [-0.05, 0) is 37.5 Å². The van der Waals surface area contributed by atoms with Crippen LogP contribution in [0.1, 0.15) is 42.6 Å².